The number of carbonyl (C=O) groups is 1. The largest absolute Gasteiger partial charge is 0.497 e. The van der Waals surface area contributed by atoms with Crippen molar-refractivity contribution >= 4 is 33.5 Å². The van der Waals surface area contributed by atoms with Crippen LogP contribution in [0, 0.1) is 0 Å². The van der Waals surface area contributed by atoms with Gasteiger partial charge in [-0.05, 0) is 49.4 Å². The van der Waals surface area contributed by atoms with Crippen LogP contribution in [0.3, 0.4) is 0 Å². The molecule has 4 heteroatoms. The summed E-state index contributed by atoms with van der Waals surface area (Å²) in [6.45, 7) is 1.58. The number of hydrogen-bond donors (Lipinski definition) is 0. The molecule has 0 saturated carbocycles. The maximum absolute atomic E-state index is 11.6. The molecule has 0 atom stereocenters. The van der Waals surface area contributed by atoms with Crippen molar-refractivity contribution in [2.45, 2.75) is 16.7 Å². The van der Waals surface area contributed by atoms with Crippen LogP contribution in [0.5, 0.6) is 5.75 Å². The van der Waals surface area contributed by atoms with Crippen molar-refractivity contribution < 1.29 is 9.53 Å². The monoisotopic (exact) mass is 336 g/mol. The van der Waals surface area contributed by atoms with Crippen molar-refractivity contribution in [1.82, 2.24) is 0 Å². The van der Waals surface area contributed by atoms with Gasteiger partial charge in [0.2, 0.25) is 0 Å². The molecule has 0 unspecified atom stereocenters. The minimum atomic E-state index is 0.0727. The van der Waals surface area contributed by atoms with E-state index in [1.165, 1.54) is 0 Å². The highest BCUT2D eigenvalue weighted by atomic mass is 79.9. The molecule has 0 aliphatic carbocycles. The quantitative estimate of drug-likeness (QED) is 0.749. The molecule has 2 aromatic carbocycles. The van der Waals surface area contributed by atoms with Crippen LogP contribution in [0.4, 0.5) is 0 Å². The third-order valence-corrected chi connectivity index (χ3v) is 4.17. The number of rotatable bonds is 4. The van der Waals surface area contributed by atoms with Crippen LogP contribution in [0.25, 0.3) is 0 Å². The summed E-state index contributed by atoms with van der Waals surface area (Å²) in [5.74, 6) is 0.897. The van der Waals surface area contributed by atoms with E-state index in [-0.39, 0.29) is 5.78 Å². The number of ketones is 1. The lowest BCUT2D eigenvalue weighted by molar-refractivity contribution is 0.101. The zero-order chi connectivity index (χ0) is 13.8. The molecule has 0 fully saturated rings. The zero-order valence-corrected chi connectivity index (χ0v) is 13.0. The summed E-state index contributed by atoms with van der Waals surface area (Å²) < 4.78 is 6.10. The second-order valence-corrected chi connectivity index (χ2v) is 6.01. The average Bonchev–Trinajstić information content (AvgIpc) is 2.39. The van der Waals surface area contributed by atoms with Gasteiger partial charge in [0.1, 0.15) is 5.75 Å². The van der Waals surface area contributed by atoms with Gasteiger partial charge in [0.15, 0.2) is 5.78 Å². The molecular weight excluding hydrogens is 324 g/mol. The Hall–Kier alpha value is -1.26. The summed E-state index contributed by atoms with van der Waals surface area (Å²) in [6, 6.07) is 13.5. The van der Waals surface area contributed by atoms with E-state index >= 15 is 0 Å². The fraction of sp³-hybridized carbons (Fsp3) is 0.133. The average molecular weight is 337 g/mol. The predicted molar refractivity (Wildman–Crippen MR) is 81.3 cm³/mol. The maximum atomic E-state index is 11.6. The topological polar surface area (TPSA) is 26.3 Å². The van der Waals surface area contributed by atoms with Crippen molar-refractivity contribution in [2.24, 2.45) is 0 Å². The second-order valence-electron chi connectivity index (χ2n) is 3.97. The molecule has 0 bridgehead atoms. The molecule has 2 aromatic rings. The van der Waals surface area contributed by atoms with Gasteiger partial charge >= 0.3 is 0 Å². The van der Waals surface area contributed by atoms with Crippen LogP contribution < -0.4 is 4.74 Å². The first kappa shape index (κ1) is 14.2. The molecule has 2 nitrogen and oxygen atoms in total. The summed E-state index contributed by atoms with van der Waals surface area (Å²) in [5.41, 5.74) is 0.740. The first-order valence-electron chi connectivity index (χ1n) is 5.72. The molecule has 98 valence electrons. The summed E-state index contributed by atoms with van der Waals surface area (Å²) in [6.07, 6.45) is 0. The molecule has 2 rings (SSSR count). The molecule has 0 aliphatic rings. The number of carbonyl (C=O) groups excluding carboxylic acids is 1. The Balaban J connectivity index is 2.31. The van der Waals surface area contributed by atoms with E-state index in [1.807, 2.05) is 42.5 Å². The van der Waals surface area contributed by atoms with Gasteiger partial charge in [0.25, 0.3) is 0 Å². The van der Waals surface area contributed by atoms with Gasteiger partial charge in [0, 0.05) is 19.8 Å². The number of Topliss-reactive ketones (excluding diaryl/α,β-unsaturated/α-hetero) is 1. The van der Waals surface area contributed by atoms with Crippen LogP contribution in [0.1, 0.15) is 17.3 Å². The number of halogens is 1. The van der Waals surface area contributed by atoms with Gasteiger partial charge in [-0.1, -0.05) is 27.7 Å². The highest BCUT2D eigenvalue weighted by molar-refractivity contribution is 9.10. The second kappa shape index (κ2) is 6.26. The summed E-state index contributed by atoms with van der Waals surface area (Å²) in [7, 11) is 1.64. The Kier molecular flexibility index (Phi) is 4.66. The van der Waals surface area contributed by atoms with Gasteiger partial charge in [-0.15, -0.1) is 0 Å². The number of benzene rings is 2. The summed E-state index contributed by atoms with van der Waals surface area (Å²) in [5, 5.41) is 0. The Labute approximate surface area is 125 Å². The predicted octanol–water partition coefficient (Wildman–Crippen LogP) is 4.81. The van der Waals surface area contributed by atoms with Crippen LogP contribution in [0.2, 0.25) is 0 Å². The lowest BCUT2D eigenvalue weighted by atomic mass is 10.1. The van der Waals surface area contributed by atoms with E-state index < -0.39 is 0 Å². The summed E-state index contributed by atoms with van der Waals surface area (Å²) in [4.78, 5) is 13.6. The van der Waals surface area contributed by atoms with E-state index in [2.05, 4.69) is 15.9 Å². The number of ether oxygens (including phenoxy) is 1. The van der Waals surface area contributed by atoms with Gasteiger partial charge in [0.05, 0.1) is 7.11 Å². The fourth-order valence-corrected chi connectivity index (χ4v) is 3.19. The van der Waals surface area contributed by atoms with E-state index in [4.69, 9.17) is 4.74 Å². The standard InChI is InChI=1S/C15H13BrO2S/c1-10(17)14-8-3-11(16)9-15(14)19-13-6-4-12(18-2)5-7-13/h3-9H,1-2H3. The maximum Gasteiger partial charge on any atom is 0.160 e. The molecule has 0 amide bonds. The van der Waals surface area contributed by atoms with Crippen molar-refractivity contribution in [1.29, 1.82) is 0 Å². The van der Waals surface area contributed by atoms with Gasteiger partial charge < -0.3 is 4.74 Å². The number of hydrogen-bond acceptors (Lipinski definition) is 3. The first-order chi connectivity index (χ1) is 9.10. The van der Waals surface area contributed by atoms with Crippen LogP contribution in [-0.4, -0.2) is 12.9 Å². The van der Waals surface area contributed by atoms with Crippen LogP contribution in [-0.2, 0) is 0 Å². The molecule has 0 N–H and O–H groups in total. The lowest BCUT2D eigenvalue weighted by Crippen LogP contribution is -1.94. The zero-order valence-electron chi connectivity index (χ0n) is 10.6. The Morgan fingerprint density at radius 3 is 2.42 bits per heavy atom. The minimum absolute atomic E-state index is 0.0727. The van der Waals surface area contributed by atoms with E-state index in [0.717, 1.165) is 25.6 Å². The van der Waals surface area contributed by atoms with Gasteiger partial charge in [-0.3, -0.25) is 4.79 Å². The van der Waals surface area contributed by atoms with Crippen molar-refractivity contribution in [3.63, 3.8) is 0 Å². The van der Waals surface area contributed by atoms with Crippen molar-refractivity contribution in [3.8, 4) is 5.75 Å². The molecule has 0 aromatic heterocycles. The molecule has 0 aliphatic heterocycles. The van der Waals surface area contributed by atoms with Gasteiger partial charge in [-0.25, -0.2) is 0 Å². The molecule has 0 spiro atoms. The Bertz CT molecular complexity index is 594. The summed E-state index contributed by atoms with van der Waals surface area (Å²) >= 11 is 5.01. The minimum Gasteiger partial charge on any atom is -0.497 e. The SMILES string of the molecule is COc1ccc(Sc2cc(Br)ccc2C(C)=O)cc1. The molecule has 0 heterocycles. The Morgan fingerprint density at radius 1 is 1.16 bits per heavy atom. The van der Waals surface area contributed by atoms with Crippen LogP contribution >= 0.6 is 27.7 Å². The highest BCUT2D eigenvalue weighted by Crippen LogP contribution is 2.33. The fourth-order valence-electron chi connectivity index (χ4n) is 1.64. The molecule has 19 heavy (non-hydrogen) atoms. The third-order valence-electron chi connectivity index (χ3n) is 2.61. The molecule has 0 saturated heterocycles. The highest BCUT2D eigenvalue weighted by Gasteiger charge is 2.09. The molecule has 0 radical (unpaired) electrons. The lowest BCUT2D eigenvalue weighted by Gasteiger charge is -2.08. The normalized spacial score (nSPS) is 10.3. The first-order valence-corrected chi connectivity index (χ1v) is 7.33. The third kappa shape index (κ3) is 3.61. The van der Waals surface area contributed by atoms with Crippen LogP contribution in [0.15, 0.2) is 56.7 Å². The molecular formula is C15H13BrO2S. The number of methoxy groups -OCH3 is 1. The van der Waals surface area contributed by atoms with Crippen molar-refractivity contribution in [2.75, 3.05) is 7.11 Å². The van der Waals surface area contributed by atoms with Gasteiger partial charge in [-0.2, -0.15) is 0 Å². The smallest absolute Gasteiger partial charge is 0.160 e. The van der Waals surface area contributed by atoms with E-state index in [0.29, 0.717) is 0 Å². The Morgan fingerprint density at radius 2 is 1.84 bits per heavy atom. The van der Waals surface area contributed by atoms with E-state index in [1.54, 1.807) is 25.8 Å². The van der Waals surface area contributed by atoms with E-state index in [9.17, 15) is 4.79 Å². The van der Waals surface area contributed by atoms with Crippen molar-refractivity contribution in [3.05, 3.63) is 52.5 Å².